The Hall–Kier alpha value is -3.38. The van der Waals surface area contributed by atoms with Crippen molar-refractivity contribution < 1.29 is 19.4 Å². The van der Waals surface area contributed by atoms with E-state index in [4.69, 9.17) is 4.74 Å². The highest BCUT2D eigenvalue weighted by Gasteiger charge is 2.47. The van der Waals surface area contributed by atoms with Crippen molar-refractivity contribution in [3.8, 4) is 5.75 Å². The summed E-state index contributed by atoms with van der Waals surface area (Å²) in [6.07, 6.45) is 4.28. The SMILES string of the molecule is CCOc1cccc(N2C(=O)C(=O)/C(=C(\O)c3ccc4c(c3)CCCC4)C2c2cccs2)c1. The van der Waals surface area contributed by atoms with Gasteiger partial charge in [-0.1, -0.05) is 24.3 Å². The molecule has 0 saturated carbocycles. The number of carbonyl (C=O) groups excluding carboxylic acids is 2. The number of aryl methyl sites for hydroxylation is 2. The number of nitrogens with zero attached hydrogens (tertiary/aromatic N) is 1. The monoisotopic (exact) mass is 459 g/mol. The number of fused-ring (bicyclic) bond motifs is 1. The van der Waals surface area contributed by atoms with E-state index in [0.717, 1.165) is 24.1 Å². The van der Waals surface area contributed by atoms with Gasteiger partial charge in [0.15, 0.2) is 0 Å². The molecule has 1 fully saturated rings. The highest BCUT2D eigenvalue weighted by Crippen LogP contribution is 2.44. The minimum Gasteiger partial charge on any atom is -0.507 e. The van der Waals surface area contributed by atoms with E-state index in [-0.39, 0.29) is 11.3 Å². The maximum atomic E-state index is 13.3. The van der Waals surface area contributed by atoms with Gasteiger partial charge in [0.05, 0.1) is 12.2 Å². The fourth-order valence-corrected chi connectivity index (χ4v) is 5.56. The fraction of sp³-hybridized carbons (Fsp3) is 0.259. The lowest BCUT2D eigenvalue weighted by molar-refractivity contribution is -0.132. The Morgan fingerprint density at radius 1 is 1.06 bits per heavy atom. The largest absolute Gasteiger partial charge is 0.507 e. The third kappa shape index (κ3) is 3.85. The molecule has 2 heterocycles. The lowest BCUT2D eigenvalue weighted by Gasteiger charge is -2.24. The normalized spacial score (nSPS) is 19.5. The first-order valence-corrected chi connectivity index (χ1v) is 12.2. The second-order valence-corrected chi connectivity index (χ2v) is 9.28. The molecule has 1 aliphatic heterocycles. The fourth-order valence-electron chi connectivity index (χ4n) is 4.74. The number of rotatable bonds is 5. The summed E-state index contributed by atoms with van der Waals surface area (Å²) in [5.74, 6) is -0.827. The molecule has 1 unspecified atom stereocenters. The second kappa shape index (κ2) is 8.87. The van der Waals surface area contributed by atoms with Crippen molar-refractivity contribution in [1.82, 2.24) is 0 Å². The number of hydrogen-bond acceptors (Lipinski definition) is 5. The van der Waals surface area contributed by atoms with Crippen LogP contribution in [0.1, 0.15) is 47.4 Å². The molecule has 5 rings (SSSR count). The zero-order valence-corrected chi connectivity index (χ0v) is 19.2. The van der Waals surface area contributed by atoms with Crippen molar-refractivity contribution in [2.45, 2.75) is 38.6 Å². The van der Waals surface area contributed by atoms with Gasteiger partial charge in [0.25, 0.3) is 11.7 Å². The number of ether oxygens (including phenoxy) is 1. The molecule has 2 aromatic carbocycles. The van der Waals surface area contributed by atoms with Gasteiger partial charge in [0.2, 0.25) is 0 Å². The van der Waals surface area contributed by atoms with Crippen molar-refractivity contribution in [1.29, 1.82) is 0 Å². The maximum Gasteiger partial charge on any atom is 0.300 e. The summed E-state index contributed by atoms with van der Waals surface area (Å²) in [5.41, 5.74) is 3.77. The molecule has 0 bridgehead atoms. The summed E-state index contributed by atoms with van der Waals surface area (Å²) >= 11 is 1.45. The van der Waals surface area contributed by atoms with Crippen LogP contribution >= 0.6 is 11.3 Å². The predicted molar refractivity (Wildman–Crippen MR) is 130 cm³/mol. The number of benzene rings is 2. The predicted octanol–water partition coefficient (Wildman–Crippen LogP) is 5.65. The first-order valence-electron chi connectivity index (χ1n) is 11.3. The van der Waals surface area contributed by atoms with Crippen LogP contribution in [0.3, 0.4) is 0 Å². The van der Waals surface area contributed by atoms with Gasteiger partial charge in [-0.3, -0.25) is 14.5 Å². The van der Waals surface area contributed by atoms with Crippen LogP contribution in [-0.4, -0.2) is 23.4 Å². The van der Waals surface area contributed by atoms with Gasteiger partial charge in [0, 0.05) is 22.2 Å². The maximum absolute atomic E-state index is 13.3. The van der Waals surface area contributed by atoms with Gasteiger partial charge in [-0.15, -0.1) is 11.3 Å². The van der Waals surface area contributed by atoms with E-state index in [0.29, 0.717) is 23.6 Å². The van der Waals surface area contributed by atoms with Crippen LogP contribution in [0.2, 0.25) is 0 Å². The van der Waals surface area contributed by atoms with Gasteiger partial charge in [-0.2, -0.15) is 0 Å². The third-order valence-corrected chi connectivity index (χ3v) is 7.21. The standard InChI is InChI=1S/C27H25NO4S/c1-2-32-21-10-5-9-20(16-21)28-24(22-11-6-14-33-22)23(26(30)27(28)31)25(29)19-13-12-17-7-3-4-8-18(17)15-19/h5-6,9-16,24,29H,2-4,7-8H2,1H3/b25-23-. The Labute approximate surface area is 196 Å². The first kappa shape index (κ1) is 21.5. The van der Waals surface area contributed by atoms with Crippen LogP contribution in [0, 0.1) is 0 Å². The molecule has 33 heavy (non-hydrogen) atoms. The summed E-state index contributed by atoms with van der Waals surface area (Å²) in [6, 6.07) is 16.1. The average Bonchev–Trinajstić information content (AvgIpc) is 3.46. The minimum absolute atomic E-state index is 0.122. The zero-order valence-electron chi connectivity index (χ0n) is 18.4. The topological polar surface area (TPSA) is 66.8 Å². The molecule has 6 heteroatoms. The van der Waals surface area contributed by atoms with Crippen LogP contribution < -0.4 is 9.64 Å². The molecule has 0 spiro atoms. The number of anilines is 1. The molecular weight excluding hydrogens is 434 g/mol. The van der Waals surface area contributed by atoms with Crippen molar-refractivity contribution in [3.05, 3.63) is 87.1 Å². The summed E-state index contributed by atoms with van der Waals surface area (Å²) in [5, 5.41) is 13.3. The van der Waals surface area contributed by atoms with E-state index in [9.17, 15) is 14.7 Å². The van der Waals surface area contributed by atoms with Crippen LogP contribution in [0.4, 0.5) is 5.69 Å². The highest BCUT2D eigenvalue weighted by atomic mass is 32.1. The number of ketones is 1. The molecule has 1 aromatic heterocycles. The van der Waals surface area contributed by atoms with Crippen molar-refractivity contribution in [3.63, 3.8) is 0 Å². The number of aliphatic hydroxyl groups is 1. The van der Waals surface area contributed by atoms with Gasteiger partial charge in [-0.25, -0.2) is 0 Å². The lowest BCUT2D eigenvalue weighted by Crippen LogP contribution is -2.29. The Morgan fingerprint density at radius 3 is 2.64 bits per heavy atom. The Balaban J connectivity index is 1.65. The summed E-state index contributed by atoms with van der Waals surface area (Å²) in [4.78, 5) is 28.8. The Bertz CT molecular complexity index is 1240. The van der Waals surface area contributed by atoms with E-state index in [2.05, 4.69) is 0 Å². The van der Waals surface area contributed by atoms with Gasteiger partial charge in [0.1, 0.15) is 17.6 Å². The van der Waals surface area contributed by atoms with Crippen LogP contribution in [0.15, 0.2) is 65.6 Å². The molecule has 1 amide bonds. The van der Waals surface area contributed by atoms with Crippen molar-refractivity contribution >= 4 is 34.5 Å². The molecule has 0 radical (unpaired) electrons. The number of carbonyl (C=O) groups is 2. The van der Waals surface area contributed by atoms with E-state index >= 15 is 0 Å². The molecule has 2 aliphatic rings. The number of thiophene rings is 1. The van der Waals surface area contributed by atoms with Crippen molar-refractivity contribution in [2.24, 2.45) is 0 Å². The average molecular weight is 460 g/mol. The molecular formula is C27H25NO4S. The van der Waals surface area contributed by atoms with E-state index in [1.165, 1.54) is 33.8 Å². The van der Waals surface area contributed by atoms with Crippen molar-refractivity contribution in [2.75, 3.05) is 11.5 Å². The second-order valence-electron chi connectivity index (χ2n) is 8.31. The van der Waals surface area contributed by atoms with E-state index in [1.807, 2.05) is 48.7 Å². The summed E-state index contributed by atoms with van der Waals surface area (Å²) in [6.45, 7) is 2.39. The third-order valence-electron chi connectivity index (χ3n) is 6.29. The van der Waals surface area contributed by atoms with Gasteiger partial charge in [-0.05, 0) is 73.4 Å². The molecule has 1 N–H and O–H groups in total. The Kier molecular flexibility index (Phi) is 5.77. The molecule has 1 saturated heterocycles. The zero-order chi connectivity index (χ0) is 22.9. The van der Waals surface area contributed by atoms with Crippen LogP contribution in [0.25, 0.3) is 5.76 Å². The number of aliphatic hydroxyl groups excluding tert-OH is 1. The minimum atomic E-state index is -0.696. The first-order chi connectivity index (χ1) is 16.1. The van der Waals surface area contributed by atoms with Crippen LogP contribution in [-0.2, 0) is 22.4 Å². The summed E-state index contributed by atoms with van der Waals surface area (Å²) < 4.78 is 5.61. The number of amides is 1. The molecule has 5 nitrogen and oxygen atoms in total. The highest BCUT2D eigenvalue weighted by molar-refractivity contribution is 7.10. The quantitative estimate of drug-likeness (QED) is 0.304. The molecule has 1 aliphatic carbocycles. The smallest absolute Gasteiger partial charge is 0.300 e. The van der Waals surface area contributed by atoms with Gasteiger partial charge >= 0.3 is 0 Å². The molecule has 1 atom stereocenters. The van der Waals surface area contributed by atoms with Crippen LogP contribution in [0.5, 0.6) is 5.75 Å². The number of hydrogen-bond donors (Lipinski definition) is 1. The van der Waals surface area contributed by atoms with Gasteiger partial charge < -0.3 is 9.84 Å². The molecule has 168 valence electrons. The lowest BCUT2D eigenvalue weighted by atomic mass is 9.89. The number of Topliss-reactive ketones (excluding diaryl/α,β-unsaturated/α-hetero) is 1. The van der Waals surface area contributed by atoms with E-state index in [1.54, 1.807) is 18.2 Å². The molecule has 3 aromatic rings. The summed E-state index contributed by atoms with van der Waals surface area (Å²) in [7, 11) is 0. The van der Waals surface area contributed by atoms with E-state index < -0.39 is 17.7 Å². The Morgan fingerprint density at radius 2 is 1.88 bits per heavy atom.